The van der Waals surface area contributed by atoms with Crippen molar-refractivity contribution in [1.29, 1.82) is 0 Å². The summed E-state index contributed by atoms with van der Waals surface area (Å²) in [6.07, 6.45) is -0.557. The zero-order chi connectivity index (χ0) is 20.1. The average molecular weight is 377 g/mol. The molecule has 2 heterocycles. The van der Waals surface area contributed by atoms with Crippen LogP contribution >= 0.6 is 0 Å². The molecule has 0 amide bonds. The smallest absolute Gasteiger partial charge is 0.351 e. The van der Waals surface area contributed by atoms with Crippen LogP contribution in [0.3, 0.4) is 0 Å². The van der Waals surface area contributed by atoms with E-state index in [0.29, 0.717) is 12.0 Å². The van der Waals surface area contributed by atoms with Crippen molar-refractivity contribution in [3.8, 4) is 11.8 Å². The minimum Gasteiger partial charge on any atom is -0.456 e. The lowest BCUT2D eigenvalue weighted by Gasteiger charge is -2.23. The summed E-state index contributed by atoms with van der Waals surface area (Å²) in [5, 5.41) is 0. The van der Waals surface area contributed by atoms with Crippen molar-refractivity contribution in [3.05, 3.63) is 22.2 Å². The van der Waals surface area contributed by atoms with Gasteiger partial charge in [-0.1, -0.05) is 18.8 Å². The Morgan fingerprint density at radius 2 is 1.93 bits per heavy atom. The first-order valence-electron chi connectivity index (χ1n) is 8.62. The summed E-state index contributed by atoms with van der Waals surface area (Å²) < 4.78 is 17.4. The molecule has 0 saturated carbocycles. The van der Waals surface area contributed by atoms with E-state index >= 15 is 0 Å². The normalized spacial score (nSPS) is 24.0. The van der Waals surface area contributed by atoms with Crippen LogP contribution in [0.2, 0.25) is 0 Å². The van der Waals surface area contributed by atoms with Gasteiger partial charge in [-0.2, -0.15) is 4.98 Å². The standard InChI is InChI=1S/C18H23N3O6/c1-5-6-7-8-13-9-21(18(24)20-16(13)19)17-15(27-12(4)23)14(10(2)25-17)26-11(3)22/h9-10,14-15,17H,5-6H2,1-4H3,(H2,19,20,24)/t10-,14-,15-,17-/m1/s1. The number of ether oxygens (including phenoxy) is 3. The molecule has 1 fully saturated rings. The van der Waals surface area contributed by atoms with Crippen molar-refractivity contribution in [2.75, 3.05) is 5.73 Å². The van der Waals surface area contributed by atoms with Crippen molar-refractivity contribution in [2.45, 2.75) is 65.1 Å². The molecule has 2 rings (SSSR count). The lowest BCUT2D eigenvalue weighted by atomic mass is 10.1. The summed E-state index contributed by atoms with van der Waals surface area (Å²) >= 11 is 0. The molecule has 1 saturated heterocycles. The Bertz CT molecular complexity index is 838. The lowest BCUT2D eigenvalue weighted by Crippen LogP contribution is -2.40. The Balaban J connectivity index is 2.46. The molecular weight excluding hydrogens is 354 g/mol. The number of carbonyl (C=O) groups excluding carboxylic acids is 2. The molecule has 1 aliphatic rings. The van der Waals surface area contributed by atoms with E-state index in [0.717, 1.165) is 11.0 Å². The Morgan fingerprint density at radius 3 is 2.52 bits per heavy atom. The molecule has 0 radical (unpaired) electrons. The van der Waals surface area contributed by atoms with Crippen LogP contribution in [0.5, 0.6) is 0 Å². The number of carbonyl (C=O) groups is 2. The van der Waals surface area contributed by atoms with Gasteiger partial charge < -0.3 is 19.9 Å². The van der Waals surface area contributed by atoms with Crippen LogP contribution in [0, 0.1) is 11.8 Å². The van der Waals surface area contributed by atoms with E-state index in [4.69, 9.17) is 19.9 Å². The number of anilines is 1. The quantitative estimate of drug-likeness (QED) is 0.603. The van der Waals surface area contributed by atoms with Crippen LogP contribution in [-0.2, 0) is 23.8 Å². The molecule has 27 heavy (non-hydrogen) atoms. The number of unbranched alkanes of at least 4 members (excludes halogenated alkanes) is 1. The highest BCUT2D eigenvalue weighted by Crippen LogP contribution is 2.33. The van der Waals surface area contributed by atoms with E-state index in [9.17, 15) is 14.4 Å². The van der Waals surface area contributed by atoms with Crippen molar-refractivity contribution < 1.29 is 23.8 Å². The van der Waals surface area contributed by atoms with Crippen LogP contribution in [0.25, 0.3) is 0 Å². The average Bonchev–Trinajstić information content (AvgIpc) is 2.85. The van der Waals surface area contributed by atoms with Gasteiger partial charge in [0.05, 0.1) is 11.7 Å². The Hall–Kier alpha value is -2.86. The molecule has 146 valence electrons. The van der Waals surface area contributed by atoms with Gasteiger partial charge in [0, 0.05) is 26.5 Å². The van der Waals surface area contributed by atoms with Crippen molar-refractivity contribution in [3.63, 3.8) is 0 Å². The van der Waals surface area contributed by atoms with E-state index in [-0.39, 0.29) is 5.82 Å². The van der Waals surface area contributed by atoms with Crippen LogP contribution in [-0.4, -0.2) is 39.8 Å². The molecule has 0 aliphatic carbocycles. The van der Waals surface area contributed by atoms with Crippen LogP contribution in [0.1, 0.15) is 52.3 Å². The second-order valence-corrected chi connectivity index (χ2v) is 6.16. The highest BCUT2D eigenvalue weighted by Gasteiger charge is 2.48. The van der Waals surface area contributed by atoms with Crippen LogP contribution in [0.15, 0.2) is 11.0 Å². The predicted molar refractivity (Wildman–Crippen MR) is 95.4 cm³/mol. The Morgan fingerprint density at radius 1 is 1.30 bits per heavy atom. The largest absolute Gasteiger partial charge is 0.456 e. The number of aromatic nitrogens is 2. The molecule has 1 aliphatic heterocycles. The van der Waals surface area contributed by atoms with Gasteiger partial charge in [-0.3, -0.25) is 14.2 Å². The highest BCUT2D eigenvalue weighted by molar-refractivity contribution is 5.67. The fraction of sp³-hybridized carbons (Fsp3) is 0.556. The maximum Gasteiger partial charge on any atom is 0.351 e. The maximum atomic E-state index is 12.4. The molecule has 4 atom stereocenters. The first kappa shape index (κ1) is 20.5. The SMILES string of the molecule is CCCC#Cc1cn([C@@H]2O[C@H](C)[C@@H](OC(C)=O)[C@H]2OC(C)=O)c(=O)nc1N. The molecule has 0 bridgehead atoms. The molecule has 0 unspecified atom stereocenters. The van der Waals surface area contributed by atoms with Gasteiger partial charge in [-0.25, -0.2) is 4.79 Å². The molecule has 0 spiro atoms. The van der Waals surface area contributed by atoms with Crippen LogP contribution < -0.4 is 11.4 Å². The Kier molecular flexibility index (Phi) is 6.58. The van der Waals surface area contributed by atoms with Crippen LogP contribution in [0.4, 0.5) is 5.82 Å². The van der Waals surface area contributed by atoms with Gasteiger partial charge in [0.1, 0.15) is 5.82 Å². The van der Waals surface area contributed by atoms with E-state index in [2.05, 4.69) is 16.8 Å². The van der Waals surface area contributed by atoms with Gasteiger partial charge in [0.25, 0.3) is 0 Å². The highest BCUT2D eigenvalue weighted by atomic mass is 16.6. The second kappa shape index (κ2) is 8.68. The lowest BCUT2D eigenvalue weighted by molar-refractivity contribution is -0.165. The van der Waals surface area contributed by atoms with Crippen molar-refractivity contribution in [2.24, 2.45) is 0 Å². The summed E-state index contributed by atoms with van der Waals surface area (Å²) in [7, 11) is 0. The van der Waals surface area contributed by atoms with Gasteiger partial charge >= 0.3 is 17.6 Å². The topological polar surface area (TPSA) is 123 Å². The minimum absolute atomic E-state index is 0.00599. The maximum absolute atomic E-state index is 12.4. The number of nitrogens with two attached hydrogens (primary N) is 1. The third kappa shape index (κ3) is 4.86. The zero-order valence-corrected chi connectivity index (χ0v) is 15.7. The first-order valence-corrected chi connectivity index (χ1v) is 8.62. The monoisotopic (exact) mass is 377 g/mol. The number of esters is 2. The number of hydrogen-bond donors (Lipinski definition) is 1. The third-order valence-corrected chi connectivity index (χ3v) is 3.88. The molecule has 9 nitrogen and oxygen atoms in total. The second-order valence-electron chi connectivity index (χ2n) is 6.16. The number of nitrogens with zero attached hydrogens (tertiary/aromatic N) is 2. The first-order chi connectivity index (χ1) is 12.7. The summed E-state index contributed by atoms with van der Waals surface area (Å²) in [6.45, 7) is 6.10. The van der Waals surface area contributed by atoms with Gasteiger partial charge in [0.2, 0.25) is 0 Å². The van der Waals surface area contributed by atoms with Gasteiger partial charge in [0.15, 0.2) is 18.4 Å². The van der Waals surface area contributed by atoms with Crippen molar-refractivity contribution in [1.82, 2.24) is 9.55 Å². The number of hydrogen-bond acceptors (Lipinski definition) is 8. The molecule has 9 heteroatoms. The van der Waals surface area contributed by atoms with Crippen molar-refractivity contribution >= 4 is 17.8 Å². The van der Waals surface area contributed by atoms with Gasteiger partial charge in [-0.05, 0) is 13.3 Å². The summed E-state index contributed by atoms with van der Waals surface area (Å²) in [4.78, 5) is 39.1. The molecule has 0 aromatic carbocycles. The summed E-state index contributed by atoms with van der Waals surface area (Å²) in [5.41, 5.74) is 5.45. The fourth-order valence-corrected chi connectivity index (χ4v) is 2.74. The number of nitrogen functional groups attached to an aromatic ring is 1. The third-order valence-electron chi connectivity index (χ3n) is 3.88. The number of rotatable bonds is 4. The summed E-state index contributed by atoms with van der Waals surface area (Å²) in [5.74, 6) is 4.66. The molecule has 1 aromatic rings. The molecular formula is C18H23N3O6. The van der Waals surface area contributed by atoms with E-state index < -0.39 is 42.2 Å². The molecule has 2 N–H and O–H groups in total. The summed E-state index contributed by atoms with van der Waals surface area (Å²) in [6, 6.07) is 0. The zero-order valence-electron chi connectivity index (χ0n) is 15.7. The van der Waals surface area contributed by atoms with Gasteiger partial charge in [-0.15, -0.1) is 0 Å². The molecule has 1 aromatic heterocycles. The minimum atomic E-state index is -1.03. The fourth-order valence-electron chi connectivity index (χ4n) is 2.74. The van der Waals surface area contributed by atoms with E-state index in [1.165, 1.54) is 20.0 Å². The predicted octanol–water partition coefficient (Wildman–Crippen LogP) is 0.758. The van der Waals surface area contributed by atoms with E-state index in [1.807, 2.05) is 6.92 Å². The Labute approximate surface area is 156 Å². The van der Waals surface area contributed by atoms with E-state index in [1.54, 1.807) is 6.92 Å².